The molecule has 5 N–H and O–H groups in total. The molecule has 0 bridgehead atoms. The highest BCUT2D eigenvalue weighted by Crippen LogP contribution is 2.37. The molecule has 2 aromatic rings. The summed E-state index contributed by atoms with van der Waals surface area (Å²) < 4.78 is 1.63. The molecular formula is C15H14BrClN4O2. The average molecular weight is 398 g/mol. The maximum absolute atomic E-state index is 11.8. The number of nitrogens with zero attached hydrogens (tertiary/aromatic N) is 2. The van der Waals surface area contributed by atoms with Crippen LogP contribution in [0.15, 0.2) is 30.0 Å². The van der Waals surface area contributed by atoms with E-state index in [1.54, 1.807) is 22.8 Å². The van der Waals surface area contributed by atoms with Gasteiger partial charge in [0, 0.05) is 17.3 Å². The lowest BCUT2D eigenvalue weighted by atomic mass is 10.0. The third-order valence-corrected chi connectivity index (χ3v) is 4.99. The van der Waals surface area contributed by atoms with Crippen LogP contribution >= 0.6 is 27.5 Å². The number of aromatic nitrogens is 2. The van der Waals surface area contributed by atoms with E-state index in [0.29, 0.717) is 21.8 Å². The smallest absolute Gasteiger partial charge is 0.253 e. The summed E-state index contributed by atoms with van der Waals surface area (Å²) in [6, 6.07) is 1.60. The lowest BCUT2D eigenvalue weighted by Gasteiger charge is -2.25. The van der Waals surface area contributed by atoms with Gasteiger partial charge in [0.25, 0.3) is 5.91 Å². The highest BCUT2D eigenvalue weighted by Gasteiger charge is 2.30. The van der Waals surface area contributed by atoms with E-state index >= 15 is 0 Å². The van der Waals surface area contributed by atoms with E-state index in [4.69, 9.17) is 23.1 Å². The van der Waals surface area contributed by atoms with Crippen LogP contribution in [0.4, 0.5) is 5.82 Å². The quantitative estimate of drug-likeness (QED) is 0.676. The largest absolute Gasteiger partial charge is 0.387 e. The minimum atomic E-state index is -0.727. The Hall–Kier alpha value is -1.83. The van der Waals surface area contributed by atoms with Gasteiger partial charge in [-0.1, -0.05) is 39.7 Å². The van der Waals surface area contributed by atoms with E-state index < -0.39 is 16.8 Å². The van der Waals surface area contributed by atoms with Crippen molar-refractivity contribution in [1.29, 1.82) is 0 Å². The second kappa shape index (κ2) is 5.67. The number of hydrogen-bond donors (Lipinski definition) is 3. The van der Waals surface area contributed by atoms with E-state index in [-0.39, 0.29) is 11.4 Å². The number of anilines is 1. The number of allylic oxidation sites excluding steroid dienone is 2. The molecule has 0 radical (unpaired) electrons. The van der Waals surface area contributed by atoms with Gasteiger partial charge in [-0.05, 0) is 18.6 Å². The summed E-state index contributed by atoms with van der Waals surface area (Å²) in [4.78, 5) is 15.7. The molecule has 1 amide bonds. The second-order valence-corrected chi connectivity index (χ2v) is 6.73. The first kappa shape index (κ1) is 16.0. The van der Waals surface area contributed by atoms with Crippen molar-refractivity contribution in [2.24, 2.45) is 5.73 Å². The van der Waals surface area contributed by atoms with Gasteiger partial charge in [0.2, 0.25) is 0 Å². The second-order valence-electron chi connectivity index (χ2n) is 5.30. The standard InChI is InChI=1S/C15H14BrClN4O2/c1-6-2-3-9(22)11(16)12(6)21-13(18)10(14(19)23)8-4-7(17)5-20-15(8)21/h2-5,9,11,22H,18H2,1H3,(H2,19,23)/t9-,11-/m1/s1. The highest BCUT2D eigenvalue weighted by molar-refractivity contribution is 9.09. The first-order valence-electron chi connectivity index (χ1n) is 6.79. The molecule has 6 nitrogen and oxygen atoms in total. The number of fused-ring (bicyclic) bond motifs is 1. The molecule has 0 saturated heterocycles. The van der Waals surface area contributed by atoms with E-state index in [2.05, 4.69) is 20.9 Å². The van der Waals surface area contributed by atoms with E-state index in [9.17, 15) is 9.90 Å². The van der Waals surface area contributed by atoms with Crippen LogP contribution in [0.2, 0.25) is 5.02 Å². The van der Waals surface area contributed by atoms with Gasteiger partial charge < -0.3 is 16.6 Å². The molecule has 1 aliphatic rings. The van der Waals surface area contributed by atoms with Crippen molar-refractivity contribution in [2.45, 2.75) is 17.9 Å². The normalized spacial score (nSPS) is 21.2. The Morgan fingerprint density at radius 3 is 2.87 bits per heavy atom. The zero-order valence-corrected chi connectivity index (χ0v) is 14.5. The Balaban J connectivity index is 2.41. The van der Waals surface area contributed by atoms with Crippen molar-refractivity contribution in [3.63, 3.8) is 0 Å². The van der Waals surface area contributed by atoms with Crippen molar-refractivity contribution >= 4 is 56.0 Å². The van der Waals surface area contributed by atoms with Crippen LogP contribution in [0, 0.1) is 0 Å². The number of nitrogen functional groups attached to an aromatic ring is 1. The Bertz CT molecular complexity index is 887. The fourth-order valence-corrected chi connectivity index (χ4v) is 3.67. The zero-order chi connectivity index (χ0) is 16.9. The molecule has 0 spiro atoms. The number of primary amides is 1. The van der Waals surface area contributed by atoms with Crippen LogP contribution in [0.5, 0.6) is 0 Å². The molecule has 0 unspecified atom stereocenters. The van der Waals surface area contributed by atoms with Crippen LogP contribution in [0.25, 0.3) is 16.7 Å². The van der Waals surface area contributed by atoms with Gasteiger partial charge in [0.15, 0.2) is 0 Å². The number of amides is 1. The highest BCUT2D eigenvalue weighted by atomic mass is 79.9. The maximum atomic E-state index is 11.8. The summed E-state index contributed by atoms with van der Waals surface area (Å²) in [7, 11) is 0. The summed E-state index contributed by atoms with van der Waals surface area (Å²) in [5.41, 5.74) is 13.9. The summed E-state index contributed by atoms with van der Waals surface area (Å²) in [5.74, 6) is -0.491. The van der Waals surface area contributed by atoms with Crippen LogP contribution in [-0.4, -0.2) is 31.5 Å². The van der Waals surface area contributed by atoms with Crippen LogP contribution in [0.1, 0.15) is 17.3 Å². The molecule has 120 valence electrons. The first-order chi connectivity index (χ1) is 10.8. The molecule has 0 aliphatic heterocycles. The van der Waals surface area contributed by atoms with Crippen molar-refractivity contribution in [3.05, 3.63) is 40.6 Å². The molecule has 0 saturated carbocycles. The van der Waals surface area contributed by atoms with Gasteiger partial charge >= 0.3 is 0 Å². The molecular weight excluding hydrogens is 384 g/mol. The third kappa shape index (κ3) is 2.45. The molecule has 2 aromatic heterocycles. The molecule has 8 heteroatoms. The lowest BCUT2D eigenvalue weighted by Crippen LogP contribution is -2.27. The number of pyridine rings is 1. The fourth-order valence-electron chi connectivity index (χ4n) is 2.77. The predicted molar refractivity (Wildman–Crippen MR) is 94.4 cm³/mol. The number of alkyl halides is 1. The summed E-state index contributed by atoms with van der Waals surface area (Å²) >= 11 is 9.46. The van der Waals surface area contributed by atoms with E-state index in [0.717, 1.165) is 5.57 Å². The average Bonchev–Trinajstić information content (AvgIpc) is 2.75. The molecule has 0 aromatic carbocycles. The third-order valence-electron chi connectivity index (χ3n) is 3.81. The van der Waals surface area contributed by atoms with Gasteiger partial charge in [-0.3, -0.25) is 9.36 Å². The summed E-state index contributed by atoms with van der Waals surface area (Å²) in [6.07, 6.45) is 4.22. The number of rotatable bonds is 2. The van der Waals surface area contributed by atoms with Crippen LogP contribution in [-0.2, 0) is 0 Å². The molecule has 23 heavy (non-hydrogen) atoms. The molecule has 3 rings (SSSR count). The maximum Gasteiger partial charge on any atom is 0.253 e. The molecule has 1 aliphatic carbocycles. The van der Waals surface area contributed by atoms with Crippen molar-refractivity contribution in [3.8, 4) is 0 Å². The Morgan fingerprint density at radius 2 is 2.22 bits per heavy atom. The fraction of sp³-hybridized carbons (Fsp3) is 0.200. The predicted octanol–water partition coefficient (Wildman–Crippen LogP) is 2.30. The van der Waals surface area contributed by atoms with Crippen molar-refractivity contribution < 1.29 is 9.90 Å². The number of carbonyl (C=O) groups excluding carboxylic acids is 1. The number of aliphatic hydroxyl groups is 1. The number of nitrogens with two attached hydrogens (primary N) is 2. The molecule has 2 heterocycles. The summed E-state index contributed by atoms with van der Waals surface area (Å²) in [5, 5.41) is 11.0. The van der Waals surface area contributed by atoms with E-state index in [1.807, 2.05) is 6.92 Å². The summed E-state index contributed by atoms with van der Waals surface area (Å²) in [6.45, 7) is 1.89. The Morgan fingerprint density at radius 1 is 1.52 bits per heavy atom. The minimum Gasteiger partial charge on any atom is -0.387 e. The van der Waals surface area contributed by atoms with E-state index in [1.165, 1.54) is 6.20 Å². The Kier molecular flexibility index (Phi) is 3.95. The number of aliphatic hydroxyl groups excluding tert-OH is 1. The van der Waals surface area contributed by atoms with Gasteiger partial charge in [-0.25, -0.2) is 4.98 Å². The lowest BCUT2D eigenvalue weighted by molar-refractivity contribution is 0.100. The van der Waals surface area contributed by atoms with Gasteiger partial charge in [-0.15, -0.1) is 0 Å². The monoisotopic (exact) mass is 396 g/mol. The zero-order valence-electron chi connectivity index (χ0n) is 12.1. The van der Waals surface area contributed by atoms with Crippen molar-refractivity contribution in [1.82, 2.24) is 9.55 Å². The van der Waals surface area contributed by atoms with Crippen molar-refractivity contribution in [2.75, 3.05) is 5.73 Å². The van der Waals surface area contributed by atoms with Gasteiger partial charge in [-0.2, -0.15) is 0 Å². The SMILES string of the molecule is CC1=C(n2c(N)c(C(N)=O)c3cc(Cl)cnc32)[C@H](Br)[C@H](O)C=C1. The van der Waals surface area contributed by atoms with Gasteiger partial charge in [0.1, 0.15) is 11.5 Å². The molecule has 0 fully saturated rings. The minimum absolute atomic E-state index is 0.166. The number of hydrogen-bond acceptors (Lipinski definition) is 4. The Labute approximate surface area is 145 Å². The van der Waals surface area contributed by atoms with Crippen LogP contribution < -0.4 is 11.5 Å². The van der Waals surface area contributed by atoms with Crippen LogP contribution in [0.3, 0.4) is 0 Å². The topological polar surface area (TPSA) is 107 Å². The molecule has 2 atom stereocenters. The number of halogens is 2. The number of carbonyl (C=O) groups is 1. The van der Waals surface area contributed by atoms with Gasteiger partial charge in [0.05, 0.1) is 21.5 Å². The first-order valence-corrected chi connectivity index (χ1v) is 8.09.